The molecule has 1 aromatic rings. The Morgan fingerprint density at radius 3 is 3.00 bits per heavy atom. The van der Waals surface area contributed by atoms with Crippen LogP contribution in [-0.4, -0.2) is 15.8 Å². The number of amides is 1. The smallest absolute Gasteiger partial charge is 0.404 e. The van der Waals surface area contributed by atoms with Gasteiger partial charge in [0, 0.05) is 18.9 Å². The maximum atomic E-state index is 10.1. The van der Waals surface area contributed by atoms with Crippen LogP contribution in [0, 0.1) is 0 Å². The molecule has 1 rings (SSSR count). The lowest BCUT2D eigenvalue weighted by Gasteiger charge is -2.01. The van der Waals surface area contributed by atoms with Crippen molar-refractivity contribution < 1.29 is 9.90 Å². The van der Waals surface area contributed by atoms with Gasteiger partial charge < -0.3 is 15.0 Å². The van der Waals surface area contributed by atoms with Crippen LogP contribution >= 0.6 is 0 Å². The van der Waals surface area contributed by atoms with Crippen molar-refractivity contribution in [3.8, 4) is 0 Å². The Hall–Kier alpha value is -1.45. The molecule has 11 heavy (non-hydrogen) atoms. The van der Waals surface area contributed by atoms with Crippen molar-refractivity contribution in [1.82, 2.24) is 9.88 Å². The normalized spacial score (nSPS) is 9.55. The lowest BCUT2D eigenvalue weighted by atomic mass is 10.4. The average molecular weight is 154 g/mol. The Balaban J connectivity index is 2.51. The highest BCUT2D eigenvalue weighted by Crippen LogP contribution is 1.97. The largest absolute Gasteiger partial charge is 0.465 e. The summed E-state index contributed by atoms with van der Waals surface area (Å²) in [6, 6.07) is 3.74. The van der Waals surface area contributed by atoms with Crippen LogP contribution in [-0.2, 0) is 13.6 Å². The minimum atomic E-state index is -0.994. The predicted octanol–water partition coefficient (Wildman–Crippen LogP) is 0.793. The molecule has 4 heteroatoms. The van der Waals surface area contributed by atoms with Gasteiger partial charge in [-0.25, -0.2) is 4.79 Å². The minimum absolute atomic E-state index is 0.360. The third kappa shape index (κ3) is 2.00. The lowest BCUT2D eigenvalue weighted by molar-refractivity contribution is 0.193. The molecule has 0 aliphatic heterocycles. The van der Waals surface area contributed by atoms with Gasteiger partial charge in [0.1, 0.15) is 0 Å². The Morgan fingerprint density at radius 2 is 2.55 bits per heavy atom. The molecule has 60 valence electrons. The molecular formula is C7H10N2O2. The summed E-state index contributed by atoms with van der Waals surface area (Å²) in [4.78, 5) is 10.1. The van der Waals surface area contributed by atoms with Crippen LogP contribution in [0.15, 0.2) is 18.3 Å². The highest BCUT2D eigenvalue weighted by molar-refractivity contribution is 5.64. The molecule has 2 N–H and O–H groups in total. The Bertz CT molecular complexity index is 255. The van der Waals surface area contributed by atoms with Gasteiger partial charge in [0.25, 0.3) is 0 Å². The minimum Gasteiger partial charge on any atom is -0.465 e. The van der Waals surface area contributed by atoms with Crippen molar-refractivity contribution in [3.05, 3.63) is 24.0 Å². The van der Waals surface area contributed by atoms with Crippen LogP contribution in [0.4, 0.5) is 4.79 Å². The van der Waals surface area contributed by atoms with Crippen LogP contribution < -0.4 is 5.32 Å². The molecule has 1 amide bonds. The Morgan fingerprint density at radius 1 is 1.82 bits per heavy atom. The number of hydrogen-bond acceptors (Lipinski definition) is 1. The second kappa shape index (κ2) is 3.09. The van der Waals surface area contributed by atoms with E-state index in [1.54, 1.807) is 0 Å². The third-order valence-electron chi connectivity index (χ3n) is 1.47. The van der Waals surface area contributed by atoms with Gasteiger partial charge in [0.05, 0.1) is 6.54 Å². The van der Waals surface area contributed by atoms with Gasteiger partial charge in [-0.3, -0.25) is 0 Å². The van der Waals surface area contributed by atoms with E-state index in [4.69, 9.17) is 5.11 Å². The number of carbonyl (C=O) groups is 1. The first-order valence-electron chi connectivity index (χ1n) is 3.27. The second-order valence-corrected chi connectivity index (χ2v) is 2.27. The lowest BCUT2D eigenvalue weighted by Crippen LogP contribution is -2.21. The molecule has 1 aromatic heterocycles. The summed E-state index contributed by atoms with van der Waals surface area (Å²) in [6.07, 6.45) is 0.880. The molecule has 0 radical (unpaired) electrons. The number of nitrogens with zero attached hydrogens (tertiary/aromatic N) is 1. The quantitative estimate of drug-likeness (QED) is 0.661. The van der Waals surface area contributed by atoms with E-state index in [2.05, 4.69) is 5.32 Å². The summed E-state index contributed by atoms with van der Waals surface area (Å²) in [5, 5.41) is 10.6. The van der Waals surface area contributed by atoms with Gasteiger partial charge in [0.15, 0.2) is 0 Å². The third-order valence-corrected chi connectivity index (χ3v) is 1.47. The monoisotopic (exact) mass is 154 g/mol. The molecule has 0 fully saturated rings. The molecule has 0 unspecified atom stereocenters. The van der Waals surface area contributed by atoms with Crippen LogP contribution in [0.5, 0.6) is 0 Å². The first-order chi connectivity index (χ1) is 5.20. The summed E-state index contributed by atoms with van der Waals surface area (Å²) in [6.45, 7) is 0.360. The molecule has 0 aliphatic carbocycles. The van der Waals surface area contributed by atoms with E-state index in [1.165, 1.54) is 0 Å². The number of aromatic nitrogens is 1. The van der Waals surface area contributed by atoms with E-state index in [1.807, 2.05) is 29.9 Å². The average Bonchev–Trinajstić information content (AvgIpc) is 2.31. The molecule has 0 saturated carbocycles. The first-order valence-corrected chi connectivity index (χ1v) is 3.27. The molecule has 0 aromatic carbocycles. The van der Waals surface area contributed by atoms with Crippen LogP contribution in [0.3, 0.4) is 0 Å². The number of hydrogen-bond donors (Lipinski definition) is 2. The zero-order valence-corrected chi connectivity index (χ0v) is 6.24. The molecule has 0 aliphatic rings. The zero-order valence-electron chi connectivity index (χ0n) is 6.24. The molecule has 0 bridgehead atoms. The van der Waals surface area contributed by atoms with Crippen molar-refractivity contribution in [2.24, 2.45) is 7.05 Å². The number of carboxylic acid groups (broad SMARTS) is 1. The maximum absolute atomic E-state index is 10.1. The van der Waals surface area contributed by atoms with E-state index in [9.17, 15) is 4.79 Å². The van der Waals surface area contributed by atoms with Gasteiger partial charge >= 0.3 is 6.09 Å². The number of rotatable bonds is 2. The molecule has 0 atom stereocenters. The van der Waals surface area contributed by atoms with Gasteiger partial charge in [-0.15, -0.1) is 0 Å². The topological polar surface area (TPSA) is 54.3 Å². The second-order valence-electron chi connectivity index (χ2n) is 2.27. The predicted molar refractivity (Wildman–Crippen MR) is 40.3 cm³/mol. The fraction of sp³-hybridized carbons (Fsp3) is 0.286. The molecule has 0 saturated heterocycles. The Kier molecular flexibility index (Phi) is 2.15. The summed E-state index contributed by atoms with van der Waals surface area (Å²) in [5.74, 6) is 0. The van der Waals surface area contributed by atoms with Crippen LogP contribution in [0.2, 0.25) is 0 Å². The maximum Gasteiger partial charge on any atom is 0.404 e. The molecular weight excluding hydrogens is 144 g/mol. The van der Waals surface area contributed by atoms with Crippen LogP contribution in [0.1, 0.15) is 5.69 Å². The van der Waals surface area contributed by atoms with Gasteiger partial charge in [-0.2, -0.15) is 0 Å². The summed E-state index contributed by atoms with van der Waals surface area (Å²) >= 11 is 0. The molecule has 1 heterocycles. The van der Waals surface area contributed by atoms with Gasteiger partial charge in [-0.1, -0.05) is 0 Å². The fourth-order valence-corrected chi connectivity index (χ4v) is 0.846. The van der Waals surface area contributed by atoms with Crippen molar-refractivity contribution in [1.29, 1.82) is 0 Å². The number of nitrogens with one attached hydrogen (secondary N) is 1. The van der Waals surface area contributed by atoms with E-state index in [0.29, 0.717) is 6.54 Å². The summed E-state index contributed by atoms with van der Waals surface area (Å²) in [7, 11) is 1.87. The Labute approximate surface area is 64.5 Å². The van der Waals surface area contributed by atoms with Gasteiger partial charge in [0.2, 0.25) is 0 Å². The SMILES string of the molecule is Cn1cccc1CNC(=O)O. The molecule has 0 spiro atoms. The van der Waals surface area contributed by atoms with Crippen molar-refractivity contribution in [2.75, 3.05) is 0 Å². The van der Waals surface area contributed by atoms with E-state index in [-0.39, 0.29) is 0 Å². The van der Waals surface area contributed by atoms with Crippen molar-refractivity contribution in [2.45, 2.75) is 6.54 Å². The van der Waals surface area contributed by atoms with Crippen LogP contribution in [0.25, 0.3) is 0 Å². The van der Waals surface area contributed by atoms with E-state index < -0.39 is 6.09 Å². The standard InChI is InChI=1S/C7H10N2O2/c1-9-4-2-3-6(9)5-8-7(10)11/h2-4,8H,5H2,1H3,(H,10,11). The van der Waals surface area contributed by atoms with Crippen molar-refractivity contribution in [3.63, 3.8) is 0 Å². The first kappa shape index (κ1) is 7.65. The zero-order chi connectivity index (χ0) is 8.27. The van der Waals surface area contributed by atoms with Gasteiger partial charge in [-0.05, 0) is 12.1 Å². The van der Waals surface area contributed by atoms with E-state index >= 15 is 0 Å². The summed E-state index contributed by atoms with van der Waals surface area (Å²) in [5.41, 5.74) is 0.951. The number of aryl methyl sites for hydroxylation is 1. The fourth-order valence-electron chi connectivity index (χ4n) is 0.846. The van der Waals surface area contributed by atoms with Crippen molar-refractivity contribution >= 4 is 6.09 Å². The van der Waals surface area contributed by atoms with E-state index in [0.717, 1.165) is 5.69 Å². The summed E-state index contributed by atoms with van der Waals surface area (Å²) < 4.78 is 1.87. The highest BCUT2D eigenvalue weighted by Gasteiger charge is 1.97. The highest BCUT2D eigenvalue weighted by atomic mass is 16.4. The molecule has 4 nitrogen and oxygen atoms in total.